The quantitative estimate of drug-likeness (QED) is 0.867. The molecule has 2 rings (SSSR count). The molecule has 0 aromatic heterocycles. The van der Waals surface area contributed by atoms with E-state index in [1.807, 2.05) is 32.6 Å². The van der Waals surface area contributed by atoms with E-state index in [-0.39, 0.29) is 13.3 Å². The average Bonchev–Trinajstić information content (AvgIpc) is 3.09. The summed E-state index contributed by atoms with van der Waals surface area (Å²) in [5, 5.41) is 2.65. The molecule has 0 spiro atoms. The van der Waals surface area contributed by atoms with Gasteiger partial charge in [0.05, 0.1) is 7.11 Å². The Kier molecular flexibility index (Phi) is 5.84. The Balaban J connectivity index is 0.00000128. The Hall–Kier alpha value is -1.26. The molecule has 2 amide bonds. The van der Waals surface area contributed by atoms with E-state index in [1.165, 1.54) is 7.11 Å². The zero-order valence-corrected chi connectivity index (χ0v) is 13.5. The summed E-state index contributed by atoms with van der Waals surface area (Å²) in [5.74, 6) is 0.782. The molecule has 4 unspecified atom stereocenters. The van der Waals surface area contributed by atoms with E-state index in [1.54, 1.807) is 0 Å². The van der Waals surface area contributed by atoms with Gasteiger partial charge in [-0.15, -0.1) is 0 Å². The number of ether oxygens (including phenoxy) is 1. The van der Waals surface area contributed by atoms with Crippen LogP contribution in [0.15, 0.2) is 0 Å². The molecule has 0 aromatic carbocycles. The molecule has 1 N–H and O–H groups in total. The van der Waals surface area contributed by atoms with Crippen molar-refractivity contribution < 1.29 is 15.8 Å². The van der Waals surface area contributed by atoms with Gasteiger partial charge in [0.2, 0.25) is 5.91 Å². The van der Waals surface area contributed by atoms with Gasteiger partial charge < -0.3 is 15.0 Å². The number of hydrogen-bond donors (Lipinski definition) is 1. The number of rotatable bonds is 3. The van der Waals surface area contributed by atoms with E-state index in [0.29, 0.717) is 18.0 Å². The van der Waals surface area contributed by atoms with Crippen molar-refractivity contribution in [2.45, 2.75) is 65.6 Å². The lowest BCUT2D eigenvalue weighted by molar-refractivity contribution is -0.136. The minimum absolute atomic E-state index is 0. The summed E-state index contributed by atoms with van der Waals surface area (Å²) in [4.78, 5) is 25.8. The number of carbonyl (C=O) groups is 2. The largest absolute Gasteiger partial charge is 0.453 e. The third-order valence-corrected chi connectivity index (χ3v) is 4.01. The minimum Gasteiger partial charge on any atom is -0.453 e. The zero-order valence-electron chi connectivity index (χ0n) is 13.5. The van der Waals surface area contributed by atoms with Crippen molar-refractivity contribution in [3.63, 3.8) is 0 Å². The van der Waals surface area contributed by atoms with Crippen LogP contribution >= 0.6 is 0 Å². The van der Waals surface area contributed by atoms with Crippen LogP contribution in [0.2, 0.25) is 0 Å². The number of alkyl carbamates (subject to hydrolysis) is 1. The van der Waals surface area contributed by atoms with Crippen molar-refractivity contribution >= 4 is 12.0 Å². The van der Waals surface area contributed by atoms with E-state index in [4.69, 9.17) is 0 Å². The molecule has 1 saturated heterocycles. The van der Waals surface area contributed by atoms with Gasteiger partial charge in [-0.3, -0.25) is 4.79 Å². The maximum Gasteiger partial charge on any atom is 0.407 e. The van der Waals surface area contributed by atoms with Crippen LogP contribution in [0, 0.1) is 11.8 Å². The summed E-state index contributed by atoms with van der Waals surface area (Å²) in [6, 6.07) is 0.217. The molecule has 5 nitrogen and oxygen atoms in total. The second-order valence-electron chi connectivity index (χ2n) is 5.75. The molecule has 0 bridgehead atoms. The van der Waals surface area contributed by atoms with Crippen molar-refractivity contribution in [3.8, 4) is 0 Å². The van der Waals surface area contributed by atoms with Gasteiger partial charge in [0.1, 0.15) is 6.04 Å². The Labute approximate surface area is 123 Å². The minimum atomic E-state index is -0.541. The van der Waals surface area contributed by atoms with Gasteiger partial charge in [0, 0.05) is 13.5 Å². The molecule has 118 valence electrons. The first-order valence-corrected chi connectivity index (χ1v) is 7.62. The number of carbonyl (C=O) groups excluding carboxylic acids is 2. The fourth-order valence-electron chi connectivity index (χ4n) is 2.94. The fraction of sp³-hybridized carbons (Fsp3) is 0.867. The van der Waals surface area contributed by atoms with Gasteiger partial charge in [-0.25, -0.2) is 4.79 Å². The summed E-state index contributed by atoms with van der Waals surface area (Å²) in [5.41, 5.74) is 0. The standard InChI is InChI=1S/C13H22N2O3.C2H6.H2/c1-7(2)11(14-13(17)18-4)12(16)15-8(3)5-9-6-10(9)15;1-2;/h7-11H,5-6H2,1-4H3,(H,14,17);1-2H3;1H. The Morgan fingerprint density at radius 1 is 1.30 bits per heavy atom. The molecule has 1 aliphatic carbocycles. The summed E-state index contributed by atoms with van der Waals surface area (Å²) < 4.78 is 4.59. The first-order chi connectivity index (χ1) is 9.45. The lowest BCUT2D eigenvalue weighted by atomic mass is 10.0. The molecular weight excluding hydrogens is 256 g/mol. The lowest BCUT2D eigenvalue weighted by Crippen LogP contribution is -2.53. The number of nitrogens with zero attached hydrogens (tertiary/aromatic N) is 1. The van der Waals surface area contributed by atoms with Gasteiger partial charge in [0.15, 0.2) is 0 Å². The predicted octanol–water partition coefficient (Wildman–Crippen LogP) is 2.65. The zero-order chi connectivity index (χ0) is 15.4. The second kappa shape index (κ2) is 6.95. The van der Waals surface area contributed by atoms with Gasteiger partial charge in [-0.2, -0.15) is 0 Å². The molecule has 4 atom stereocenters. The maximum absolute atomic E-state index is 12.5. The van der Waals surface area contributed by atoms with Crippen LogP contribution in [0.4, 0.5) is 4.79 Å². The highest BCUT2D eigenvalue weighted by molar-refractivity contribution is 5.87. The first-order valence-electron chi connectivity index (χ1n) is 7.62. The Morgan fingerprint density at radius 2 is 1.90 bits per heavy atom. The maximum atomic E-state index is 12.5. The topological polar surface area (TPSA) is 58.6 Å². The number of piperidine rings is 1. The second-order valence-corrected chi connectivity index (χ2v) is 5.75. The third kappa shape index (κ3) is 3.44. The number of amides is 2. The van der Waals surface area contributed by atoms with Crippen molar-refractivity contribution in [3.05, 3.63) is 0 Å². The van der Waals surface area contributed by atoms with Crippen molar-refractivity contribution in [2.24, 2.45) is 11.8 Å². The molecule has 1 heterocycles. The van der Waals surface area contributed by atoms with E-state index < -0.39 is 12.1 Å². The molecule has 2 fully saturated rings. The van der Waals surface area contributed by atoms with Crippen molar-refractivity contribution in [2.75, 3.05) is 7.11 Å². The highest BCUT2D eigenvalue weighted by Gasteiger charge is 2.53. The molecule has 0 radical (unpaired) electrons. The number of nitrogens with one attached hydrogen (secondary N) is 1. The summed E-state index contributed by atoms with van der Waals surface area (Å²) in [6.45, 7) is 9.95. The third-order valence-electron chi connectivity index (χ3n) is 4.01. The van der Waals surface area contributed by atoms with Crippen LogP contribution < -0.4 is 5.32 Å². The normalized spacial score (nSPS) is 28.1. The summed E-state index contributed by atoms with van der Waals surface area (Å²) in [6.07, 6.45) is 1.68. The van der Waals surface area contributed by atoms with E-state index in [0.717, 1.165) is 12.8 Å². The first kappa shape index (κ1) is 16.8. The number of likely N-dealkylation sites (tertiary alicyclic amines) is 1. The summed E-state index contributed by atoms with van der Waals surface area (Å²) in [7, 11) is 1.31. The Morgan fingerprint density at radius 3 is 2.30 bits per heavy atom. The van der Waals surface area contributed by atoms with E-state index in [9.17, 15) is 9.59 Å². The number of hydrogen-bond acceptors (Lipinski definition) is 3. The van der Waals surface area contributed by atoms with Crippen LogP contribution in [-0.2, 0) is 9.53 Å². The molecule has 2 aliphatic rings. The van der Waals surface area contributed by atoms with Crippen molar-refractivity contribution in [1.29, 1.82) is 0 Å². The average molecular weight is 286 g/mol. The van der Waals surface area contributed by atoms with Crippen LogP contribution in [0.5, 0.6) is 0 Å². The van der Waals surface area contributed by atoms with E-state index >= 15 is 0 Å². The Bertz CT molecular complexity index is 361. The number of fused-ring (bicyclic) bond motifs is 1. The number of methoxy groups -OCH3 is 1. The predicted molar refractivity (Wildman–Crippen MR) is 80.4 cm³/mol. The molecule has 1 aliphatic heterocycles. The van der Waals surface area contributed by atoms with E-state index in [2.05, 4.69) is 17.0 Å². The van der Waals surface area contributed by atoms with Crippen LogP contribution in [-0.4, -0.2) is 42.1 Å². The molecule has 1 saturated carbocycles. The molecule has 0 aromatic rings. The van der Waals surface area contributed by atoms with Gasteiger partial charge in [-0.1, -0.05) is 27.7 Å². The van der Waals surface area contributed by atoms with Crippen LogP contribution in [0.3, 0.4) is 0 Å². The van der Waals surface area contributed by atoms with Gasteiger partial charge in [-0.05, 0) is 31.6 Å². The highest BCUT2D eigenvalue weighted by atomic mass is 16.5. The molecular formula is C15H30N2O3. The monoisotopic (exact) mass is 286 g/mol. The highest BCUT2D eigenvalue weighted by Crippen LogP contribution is 2.47. The van der Waals surface area contributed by atoms with Crippen LogP contribution in [0.25, 0.3) is 0 Å². The van der Waals surface area contributed by atoms with Crippen LogP contribution in [0.1, 0.15) is 48.9 Å². The smallest absolute Gasteiger partial charge is 0.407 e. The van der Waals surface area contributed by atoms with Crippen molar-refractivity contribution in [1.82, 2.24) is 10.2 Å². The van der Waals surface area contributed by atoms with Gasteiger partial charge in [0.25, 0.3) is 0 Å². The van der Waals surface area contributed by atoms with Gasteiger partial charge >= 0.3 is 6.09 Å². The molecule has 20 heavy (non-hydrogen) atoms. The SMILES string of the molecule is CC.COC(=O)NC(C(=O)N1C(C)CC2CC21)C(C)C.[HH]. The fourth-order valence-corrected chi connectivity index (χ4v) is 2.94. The lowest BCUT2D eigenvalue weighted by Gasteiger charge is -2.31. The molecule has 5 heteroatoms. The summed E-state index contributed by atoms with van der Waals surface area (Å²) >= 11 is 0.